The second-order valence-electron chi connectivity index (χ2n) is 5.92. The van der Waals surface area contributed by atoms with Gasteiger partial charge in [0.1, 0.15) is 10.8 Å². The number of halogens is 2. The third-order valence-electron chi connectivity index (χ3n) is 4.10. The number of nitrogens with one attached hydrogen (secondary N) is 2. The van der Waals surface area contributed by atoms with E-state index in [1.54, 1.807) is 35.8 Å². The van der Waals surface area contributed by atoms with Gasteiger partial charge in [-0.3, -0.25) is 14.9 Å². The average Bonchev–Trinajstić information content (AvgIpc) is 3.32. The van der Waals surface area contributed by atoms with E-state index in [0.717, 1.165) is 10.3 Å². The molecule has 0 aliphatic carbocycles. The highest BCUT2D eigenvalue weighted by molar-refractivity contribution is 7.13. The number of nitrogens with zero attached hydrogens (tertiary/aromatic N) is 3. The number of amides is 2. The van der Waals surface area contributed by atoms with Crippen LogP contribution in [0, 0.1) is 0 Å². The van der Waals surface area contributed by atoms with E-state index in [2.05, 4.69) is 20.6 Å². The van der Waals surface area contributed by atoms with Crippen LogP contribution in [0.15, 0.2) is 60.2 Å². The van der Waals surface area contributed by atoms with Crippen molar-refractivity contribution in [3.63, 3.8) is 0 Å². The maximum Gasteiger partial charge on any atom is 0.320 e. The minimum Gasteiger partial charge on any atom is -0.334 e. The van der Waals surface area contributed by atoms with Gasteiger partial charge in [0.05, 0.1) is 11.2 Å². The van der Waals surface area contributed by atoms with Crippen LogP contribution in [-0.4, -0.2) is 20.6 Å². The Morgan fingerprint density at radius 3 is 2.79 bits per heavy atom. The van der Waals surface area contributed by atoms with Gasteiger partial charge < -0.3 is 5.32 Å². The van der Waals surface area contributed by atoms with Crippen molar-refractivity contribution >= 4 is 34.1 Å². The predicted octanol–water partition coefficient (Wildman–Crippen LogP) is 4.88. The number of thiazole rings is 1. The second-order valence-corrected chi connectivity index (χ2v) is 6.78. The molecule has 4 rings (SSSR count). The first-order chi connectivity index (χ1) is 13.6. The van der Waals surface area contributed by atoms with Crippen molar-refractivity contribution in [2.24, 2.45) is 0 Å². The number of pyridine rings is 1. The van der Waals surface area contributed by atoms with Gasteiger partial charge in [-0.05, 0) is 23.8 Å². The van der Waals surface area contributed by atoms with E-state index in [-0.39, 0.29) is 6.54 Å². The molecule has 4 aromatic rings. The summed E-state index contributed by atoms with van der Waals surface area (Å²) in [4.78, 5) is 20.7. The van der Waals surface area contributed by atoms with E-state index in [1.165, 1.54) is 17.5 Å². The molecule has 0 saturated heterocycles. The molecule has 0 radical (unpaired) electrons. The molecule has 1 aromatic carbocycles. The topological polar surface area (TPSA) is 71.8 Å². The number of rotatable bonds is 5. The maximum absolute atomic E-state index is 13.2. The maximum atomic E-state index is 13.2. The number of para-hydroxylation sites is 1. The number of alkyl halides is 2. The predicted molar refractivity (Wildman–Crippen MR) is 104 cm³/mol. The molecular formula is C19H15F2N5OS. The normalized spacial score (nSPS) is 11.1. The van der Waals surface area contributed by atoms with E-state index in [0.29, 0.717) is 27.3 Å². The summed E-state index contributed by atoms with van der Waals surface area (Å²) in [7, 11) is 0. The van der Waals surface area contributed by atoms with Crippen LogP contribution < -0.4 is 10.6 Å². The number of hydrogen-bond acceptors (Lipinski definition) is 4. The van der Waals surface area contributed by atoms with Gasteiger partial charge in [0.25, 0.3) is 0 Å². The molecule has 3 aromatic heterocycles. The van der Waals surface area contributed by atoms with E-state index in [4.69, 9.17) is 0 Å². The third-order valence-corrected chi connectivity index (χ3v) is 4.97. The molecule has 142 valence electrons. The van der Waals surface area contributed by atoms with Crippen LogP contribution in [0.5, 0.6) is 0 Å². The van der Waals surface area contributed by atoms with E-state index < -0.39 is 12.6 Å². The van der Waals surface area contributed by atoms with Gasteiger partial charge >= 0.3 is 12.6 Å². The van der Waals surface area contributed by atoms with Gasteiger partial charge in [0.2, 0.25) is 0 Å². The Balaban J connectivity index is 1.43. The Bertz CT molecular complexity index is 1110. The van der Waals surface area contributed by atoms with Crippen molar-refractivity contribution in [1.82, 2.24) is 19.9 Å². The fourth-order valence-corrected chi connectivity index (χ4v) is 3.58. The average molecular weight is 399 g/mol. The van der Waals surface area contributed by atoms with Crippen LogP contribution in [0.3, 0.4) is 0 Å². The van der Waals surface area contributed by atoms with E-state index in [9.17, 15) is 13.6 Å². The van der Waals surface area contributed by atoms with Crippen molar-refractivity contribution in [1.29, 1.82) is 0 Å². The summed E-state index contributed by atoms with van der Waals surface area (Å²) < 4.78 is 27.3. The lowest BCUT2D eigenvalue weighted by atomic mass is 10.2. The summed E-state index contributed by atoms with van der Waals surface area (Å²) in [5.41, 5.74) is 1.76. The van der Waals surface area contributed by atoms with Crippen LogP contribution in [0.25, 0.3) is 21.6 Å². The van der Waals surface area contributed by atoms with Crippen molar-refractivity contribution in [2.75, 3.05) is 5.32 Å². The van der Waals surface area contributed by atoms with Gasteiger partial charge in [-0.15, -0.1) is 11.3 Å². The monoisotopic (exact) mass is 399 g/mol. The number of anilines is 1. The van der Waals surface area contributed by atoms with Gasteiger partial charge in [-0.2, -0.15) is 8.78 Å². The van der Waals surface area contributed by atoms with Crippen molar-refractivity contribution in [3.05, 3.63) is 65.8 Å². The number of aromatic nitrogens is 3. The number of fused-ring (bicyclic) bond motifs is 1. The van der Waals surface area contributed by atoms with Crippen molar-refractivity contribution in [2.45, 2.75) is 13.1 Å². The van der Waals surface area contributed by atoms with Crippen LogP contribution in [-0.2, 0) is 6.54 Å². The van der Waals surface area contributed by atoms with Crippen LogP contribution in [0.2, 0.25) is 0 Å². The summed E-state index contributed by atoms with van der Waals surface area (Å²) >= 11 is 1.36. The van der Waals surface area contributed by atoms with Crippen LogP contribution in [0.4, 0.5) is 19.4 Å². The lowest BCUT2D eigenvalue weighted by Crippen LogP contribution is -2.28. The van der Waals surface area contributed by atoms with Crippen LogP contribution in [0.1, 0.15) is 12.1 Å². The number of urea groups is 1. The van der Waals surface area contributed by atoms with Crippen molar-refractivity contribution < 1.29 is 13.6 Å². The number of carbonyl (C=O) groups excluding carboxylic acids is 1. The molecule has 6 nitrogen and oxygen atoms in total. The summed E-state index contributed by atoms with van der Waals surface area (Å²) in [6.07, 6.45) is 3.03. The molecule has 0 fully saturated rings. The zero-order chi connectivity index (χ0) is 19.5. The second kappa shape index (κ2) is 7.73. The first-order valence-electron chi connectivity index (χ1n) is 8.40. The molecule has 0 saturated carbocycles. The molecule has 3 heterocycles. The standard InChI is InChI=1S/C19H15F2N5OS/c20-18(21)26-10-12(13-5-1-2-7-15(13)26)9-23-19(27)25-16-11-28-17(24-16)14-6-3-4-8-22-14/h1-8,10-11,18H,9H2,(H2,23,25,27). The number of benzene rings is 1. The molecule has 2 amide bonds. The largest absolute Gasteiger partial charge is 0.334 e. The van der Waals surface area contributed by atoms with Gasteiger partial charge in [0.15, 0.2) is 0 Å². The SMILES string of the molecule is O=C(NCc1cn(C(F)F)c2ccccc12)Nc1csc(-c2ccccn2)n1. The zero-order valence-electron chi connectivity index (χ0n) is 14.5. The first kappa shape index (κ1) is 18.1. The van der Waals surface area contributed by atoms with Crippen LogP contribution >= 0.6 is 11.3 Å². The highest BCUT2D eigenvalue weighted by Gasteiger charge is 2.15. The molecule has 0 atom stereocenters. The van der Waals surface area contributed by atoms with E-state index in [1.807, 2.05) is 18.2 Å². The molecule has 2 N–H and O–H groups in total. The summed E-state index contributed by atoms with van der Waals surface area (Å²) in [6.45, 7) is -2.53. The Hall–Kier alpha value is -3.33. The molecule has 0 spiro atoms. The Labute approximate surface area is 162 Å². The highest BCUT2D eigenvalue weighted by Crippen LogP contribution is 2.26. The third kappa shape index (κ3) is 3.70. The van der Waals surface area contributed by atoms with E-state index >= 15 is 0 Å². The summed E-state index contributed by atoms with van der Waals surface area (Å²) in [6, 6.07) is 11.9. The Kier molecular flexibility index (Phi) is 4.98. The Morgan fingerprint density at radius 2 is 2.00 bits per heavy atom. The molecule has 0 aliphatic heterocycles. The molecule has 0 unspecified atom stereocenters. The zero-order valence-corrected chi connectivity index (χ0v) is 15.3. The molecule has 0 aliphatic rings. The minimum absolute atomic E-state index is 0.114. The number of carbonyl (C=O) groups is 1. The lowest BCUT2D eigenvalue weighted by Gasteiger charge is -2.05. The molecule has 9 heteroatoms. The molecule has 28 heavy (non-hydrogen) atoms. The van der Waals surface area contributed by atoms with Gasteiger partial charge in [-0.1, -0.05) is 24.3 Å². The Morgan fingerprint density at radius 1 is 1.18 bits per heavy atom. The first-order valence-corrected chi connectivity index (χ1v) is 9.28. The highest BCUT2D eigenvalue weighted by atomic mass is 32.1. The fourth-order valence-electron chi connectivity index (χ4n) is 2.85. The fraction of sp³-hybridized carbons (Fsp3) is 0.105. The van der Waals surface area contributed by atoms with Gasteiger partial charge in [-0.25, -0.2) is 9.78 Å². The molecule has 0 bridgehead atoms. The summed E-state index contributed by atoms with van der Waals surface area (Å²) in [5, 5.41) is 8.41. The minimum atomic E-state index is -2.65. The number of hydrogen-bond donors (Lipinski definition) is 2. The smallest absolute Gasteiger partial charge is 0.320 e. The summed E-state index contributed by atoms with van der Waals surface area (Å²) in [5.74, 6) is 0.401. The molecular weight excluding hydrogens is 384 g/mol. The lowest BCUT2D eigenvalue weighted by molar-refractivity contribution is 0.0751. The quantitative estimate of drug-likeness (QED) is 0.503. The van der Waals surface area contributed by atoms with Gasteiger partial charge in [0, 0.05) is 29.7 Å². The van der Waals surface area contributed by atoms with Crippen molar-refractivity contribution in [3.8, 4) is 10.7 Å².